The smallest absolute Gasteiger partial charge is 0.255 e. The maximum Gasteiger partial charge on any atom is 0.255 e. The van der Waals surface area contributed by atoms with Gasteiger partial charge >= 0.3 is 0 Å². The van der Waals surface area contributed by atoms with Gasteiger partial charge in [0.15, 0.2) is 0 Å². The summed E-state index contributed by atoms with van der Waals surface area (Å²) in [5, 5.41) is 12.7. The molecule has 1 atom stereocenters. The zero-order valence-corrected chi connectivity index (χ0v) is 18.5. The number of hydrogen-bond acceptors (Lipinski definition) is 2. The molecule has 0 radical (unpaired) electrons. The third-order valence-electron chi connectivity index (χ3n) is 5.21. The summed E-state index contributed by atoms with van der Waals surface area (Å²) in [6.07, 6.45) is 4.43. The third-order valence-corrected chi connectivity index (χ3v) is 5.21. The highest BCUT2D eigenvalue weighted by Gasteiger charge is 2.27. The van der Waals surface area contributed by atoms with Crippen molar-refractivity contribution >= 4 is 16.7 Å². The van der Waals surface area contributed by atoms with Crippen LogP contribution in [-0.2, 0) is 0 Å². The Kier molecular flexibility index (Phi) is 8.73. The van der Waals surface area contributed by atoms with E-state index in [0.29, 0.717) is 11.1 Å². The molecule has 0 saturated heterocycles. The Morgan fingerprint density at radius 3 is 2.34 bits per heavy atom. The van der Waals surface area contributed by atoms with E-state index in [0.717, 1.165) is 23.6 Å². The molecule has 3 heteroatoms. The molecule has 1 N–H and O–H groups in total. The van der Waals surface area contributed by atoms with Gasteiger partial charge < -0.3 is 10.0 Å². The minimum absolute atomic E-state index is 0.0504. The average Bonchev–Trinajstić information content (AvgIpc) is 2.68. The molecule has 3 nitrogen and oxygen atoms in total. The molecule has 2 rings (SSSR count). The Labute approximate surface area is 176 Å². The van der Waals surface area contributed by atoms with Crippen LogP contribution in [0.4, 0.5) is 0 Å². The van der Waals surface area contributed by atoms with E-state index in [4.69, 9.17) is 0 Å². The van der Waals surface area contributed by atoms with Crippen LogP contribution in [0.2, 0.25) is 0 Å². The summed E-state index contributed by atoms with van der Waals surface area (Å²) in [5.74, 6) is 6.02. The lowest BCUT2D eigenvalue weighted by Gasteiger charge is -2.32. The molecule has 156 valence electrons. The number of nitrogens with zero attached hydrogens (tertiary/aromatic N) is 1. The maximum absolute atomic E-state index is 13.6. The highest BCUT2D eigenvalue weighted by molar-refractivity contribution is 6.08. The van der Waals surface area contributed by atoms with Crippen LogP contribution < -0.4 is 0 Å². The normalized spacial score (nSPS) is 12.1. The molecule has 0 aliphatic carbocycles. The molecule has 0 spiro atoms. The summed E-state index contributed by atoms with van der Waals surface area (Å²) < 4.78 is 0. The predicted octanol–water partition coefficient (Wildman–Crippen LogP) is 6.11. The van der Waals surface area contributed by atoms with Gasteiger partial charge in [0.2, 0.25) is 0 Å². The van der Waals surface area contributed by atoms with Crippen LogP contribution in [0.15, 0.2) is 36.4 Å². The molecule has 0 saturated carbocycles. The molecule has 1 amide bonds. The maximum atomic E-state index is 13.6. The number of rotatable bonds is 8. The molecule has 29 heavy (non-hydrogen) atoms. The van der Waals surface area contributed by atoms with Gasteiger partial charge in [-0.05, 0) is 44.9 Å². The second-order valence-electron chi connectivity index (χ2n) is 8.19. The SMILES string of the molecule is CCCCCCC#CC(O)c1ccc2ccccc2c1C(=O)N(C(C)C)C(C)C. The fourth-order valence-corrected chi connectivity index (χ4v) is 3.84. The van der Waals surface area contributed by atoms with E-state index in [9.17, 15) is 9.90 Å². The largest absolute Gasteiger partial charge is 0.376 e. The Bertz CT molecular complexity index is 865. The van der Waals surface area contributed by atoms with Gasteiger partial charge in [0, 0.05) is 24.1 Å². The number of carbonyl (C=O) groups is 1. The van der Waals surface area contributed by atoms with Crippen molar-refractivity contribution in [1.29, 1.82) is 0 Å². The first-order valence-corrected chi connectivity index (χ1v) is 10.9. The highest BCUT2D eigenvalue weighted by Crippen LogP contribution is 2.29. The summed E-state index contributed by atoms with van der Waals surface area (Å²) in [6, 6.07) is 11.8. The van der Waals surface area contributed by atoms with Crippen LogP contribution in [0, 0.1) is 11.8 Å². The first-order chi connectivity index (χ1) is 13.9. The number of unbranched alkanes of at least 4 members (excludes halogenated alkanes) is 4. The zero-order chi connectivity index (χ0) is 21.4. The molecular formula is C26H35NO2. The molecule has 1 unspecified atom stereocenters. The predicted molar refractivity (Wildman–Crippen MR) is 122 cm³/mol. The molecule has 2 aromatic carbocycles. The first kappa shape index (κ1) is 23.0. The average molecular weight is 394 g/mol. The van der Waals surface area contributed by atoms with Crippen molar-refractivity contribution in [3.8, 4) is 11.8 Å². The van der Waals surface area contributed by atoms with Crippen LogP contribution in [0.3, 0.4) is 0 Å². The fraction of sp³-hybridized carbons (Fsp3) is 0.500. The second-order valence-corrected chi connectivity index (χ2v) is 8.19. The van der Waals surface area contributed by atoms with Crippen LogP contribution in [0.5, 0.6) is 0 Å². The number of aliphatic hydroxyl groups is 1. The Morgan fingerprint density at radius 1 is 1.00 bits per heavy atom. The second kappa shape index (κ2) is 11.0. The molecule has 0 aliphatic rings. The molecule has 0 aliphatic heterocycles. The Balaban J connectivity index is 2.44. The van der Waals surface area contributed by atoms with Gasteiger partial charge in [-0.15, -0.1) is 5.92 Å². The third kappa shape index (κ3) is 5.84. The number of benzene rings is 2. The molecule has 2 aromatic rings. The number of fused-ring (bicyclic) bond motifs is 1. The Morgan fingerprint density at radius 2 is 1.69 bits per heavy atom. The molecular weight excluding hydrogens is 358 g/mol. The molecule has 0 bridgehead atoms. The van der Waals surface area contributed by atoms with Crippen molar-refractivity contribution in [2.75, 3.05) is 0 Å². The summed E-state index contributed by atoms with van der Waals surface area (Å²) in [5.41, 5.74) is 1.17. The minimum Gasteiger partial charge on any atom is -0.376 e. The number of amides is 1. The summed E-state index contributed by atoms with van der Waals surface area (Å²) >= 11 is 0. The van der Waals surface area contributed by atoms with E-state index < -0.39 is 6.10 Å². The van der Waals surface area contributed by atoms with Crippen molar-refractivity contribution in [3.05, 3.63) is 47.5 Å². The lowest BCUT2D eigenvalue weighted by Crippen LogP contribution is -2.42. The van der Waals surface area contributed by atoms with Crippen LogP contribution in [0.25, 0.3) is 10.8 Å². The number of carbonyl (C=O) groups excluding carboxylic acids is 1. The van der Waals surface area contributed by atoms with Crippen molar-refractivity contribution < 1.29 is 9.90 Å². The van der Waals surface area contributed by atoms with Gasteiger partial charge in [-0.25, -0.2) is 0 Å². The lowest BCUT2D eigenvalue weighted by atomic mass is 9.94. The number of hydrogen-bond donors (Lipinski definition) is 1. The zero-order valence-electron chi connectivity index (χ0n) is 18.5. The molecule has 0 heterocycles. The summed E-state index contributed by atoms with van der Waals surface area (Å²) in [6.45, 7) is 10.3. The monoisotopic (exact) mass is 393 g/mol. The van der Waals surface area contributed by atoms with E-state index in [1.54, 1.807) is 0 Å². The Hall–Kier alpha value is -2.31. The van der Waals surface area contributed by atoms with Gasteiger partial charge in [0.1, 0.15) is 6.10 Å². The standard InChI is InChI=1S/C26H35NO2/c1-6-7-8-9-10-11-16-24(28)23-18-17-21-14-12-13-15-22(21)25(23)26(29)27(19(2)3)20(4)5/h12-15,17-20,24,28H,6-10H2,1-5H3. The molecule has 0 fully saturated rings. The first-order valence-electron chi connectivity index (χ1n) is 10.9. The summed E-state index contributed by atoms with van der Waals surface area (Å²) in [7, 11) is 0. The van der Waals surface area contributed by atoms with Crippen molar-refractivity contribution in [2.24, 2.45) is 0 Å². The van der Waals surface area contributed by atoms with E-state index >= 15 is 0 Å². The van der Waals surface area contributed by atoms with Gasteiger partial charge in [-0.2, -0.15) is 0 Å². The van der Waals surface area contributed by atoms with Crippen molar-refractivity contribution in [2.45, 2.75) is 84.9 Å². The van der Waals surface area contributed by atoms with Gasteiger partial charge in [-0.3, -0.25) is 4.79 Å². The topological polar surface area (TPSA) is 40.5 Å². The minimum atomic E-state index is -0.967. The van der Waals surface area contributed by atoms with E-state index in [1.165, 1.54) is 19.3 Å². The summed E-state index contributed by atoms with van der Waals surface area (Å²) in [4.78, 5) is 15.5. The van der Waals surface area contributed by atoms with Gasteiger partial charge in [0.05, 0.1) is 5.56 Å². The van der Waals surface area contributed by atoms with Gasteiger partial charge in [-0.1, -0.05) is 68.5 Å². The van der Waals surface area contributed by atoms with Crippen LogP contribution in [-0.4, -0.2) is 28.0 Å². The van der Waals surface area contributed by atoms with E-state index in [-0.39, 0.29) is 18.0 Å². The van der Waals surface area contributed by atoms with Gasteiger partial charge in [0.25, 0.3) is 5.91 Å². The van der Waals surface area contributed by atoms with Crippen LogP contribution >= 0.6 is 0 Å². The lowest BCUT2D eigenvalue weighted by molar-refractivity contribution is 0.0641. The molecule has 0 aromatic heterocycles. The van der Waals surface area contributed by atoms with E-state index in [2.05, 4.69) is 18.8 Å². The van der Waals surface area contributed by atoms with Crippen molar-refractivity contribution in [1.82, 2.24) is 4.90 Å². The number of aliphatic hydroxyl groups excluding tert-OH is 1. The van der Waals surface area contributed by atoms with Crippen molar-refractivity contribution in [3.63, 3.8) is 0 Å². The van der Waals surface area contributed by atoms with E-state index in [1.807, 2.05) is 69.0 Å². The fourth-order valence-electron chi connectivity index (χ4n) is 3.84. The highest BCUT2D eigenvalue weighted by atomic mass is 16.3. The quantitative estimate of drug-likeness (QED) is 0.434. The van der Waals surface area contributed by atoms with Crippen LogP contribution in [0.1, 0.15) is 88.7 Å².